The van der Waals surface area contributed by atoms with Crippen LogP contribution in [0.2, 0.25) is 0 Å². The average molecular weight is 737 g/mol. The number of fused-ring (bicyclic) bond motifs is 3. The van der Waals surface area contributed by atoms with Gasteiger partial charge in [-0.05, 0) is 54.1 Å². The third kappa shape index (κ3) is 6.66. The van der Waals surface area contributed by atoms with E-state index in [9.17, 15) is 24.0 Å². The van der Waals surface area contributed by atoms with Gasteiger partial charge in [0.1, 0.15) is 17.6 Å². The second-order valence-electron chi connectivity index (χ2n) is 14.2. The van der Waals surface area contributed by atoms with Crippen LogP contribution in [0, 0.1) is 0 Å². The molecule has 3 aliphatic heterocycles. The van der Waals surface area contributed by atoms with Gasteiger partial charge in [-0.1, -0.05) is 49.4 Å². The zero-order chi connectivity index (χ0) is 38.4. The van der Waals surface area contributed by atoms with Crippen molar-refractivity contribution in [3.05, 3.63) is 107 Å². The summed E-state index contributed by atoms with van der Waals surface area (Å²) >= 11 is 0. The SMILES string of the molecule is CCc1nc(-c2cccc3cc(-c4ccc(C(=O)N[C@@H](C)/C=C/c5cccc6c5CN(C5CCC(=O)NC5=O)C6=O)nc4)ncc23)c2n1CCN(C(C)=O)C2. The lowest BCUT2D eigenvalue weighted by Gasteiger charge is -2.29. The van der Waals surface area contributed by atoms with Crippen molar-refractivity contribution in [3.63, 3.8) is 0 Å². The molecule has 278 valence electrons. The van der Waals surface area contributed by atoms with Crippen LogP contribution in [0.15, 0.2) is 73.1 Å². The number of rotatable bonds is 8. The second kappa shape index (κ2) is 14.4. The quantitative estimate of drug-likeness (QED) is 0.218. The minimum atomic E-state index is -0.689. The minimum Gasteiger partial charge on any atom is -0.345 e. The van der Waals surface area contributed by atoms with Crippen molar-refractivity contribution < 1.29 is 24.0 Å². The van der Waals surface area contributed by atoms with Crippen molar-refractivity contribution in [2.24, 2.45) is 0 Å². The molecule has 0 radical (unpaired) electrons. The molecule has 8 rings (SSSR count). The van der Waals surface area contributed by atoms with Gasteiger partial charge in [0.25, 0.3) is 11.8 Å². The van der Waals surface area contributed by atoms with Crippen LogP contribution in [0.25, 0.3) is 39.4 Å². The summed E-state index contributed by atoms with van der Waals surface area (Å²) in [5.41, 5.74) is 6.77. The number of benzene rings is 2. The largest absolute Gasteiger partial charge is 0.345 e. The highest BCUT2D eigenvalue weighted by Gasteiger charge is 2.39. The number of piperidine rings is 1. The van der Waals surface area contributed by atoms with E-state index in [2.05, 4.69) is 33.2 Å². The van der Waals surface area contributed by atoms with E-state index in [1.165, 1.54) is 4.90 Å². The molecular formula is C42H40N8O5. The Morgan fingerprint density at radius 2 is 1.82 bits per heavy atom. The molecule has 1 saturated heterocycles. The summed E-state index contributed by atoms with van der Waals surface area (Å²) in [4.78, 5) is 80.4. The van der Waals surface area contributed by atoms with Gasteiger partial charge in [-0.3, -0.25) is 39.3 Å². The Kier molecular flexibility index (Phi) is 9.29. The summed E-state index contributed by atoms with van der Waals surface area (Å²) in [5.74, 6) is -0.289. The topological polar surface area (TPSA) is 159 Å². The summed E-state index contributed by atoms with van der Waals surface area (Å²) in [6, 6.07) is 16.0. The van der Waals surface area contributed by atoms with Crippen LogP contribution in [0.3, 0.4) is 0 Å². The maximum atomic E-state index is 13.2. The lowest BCUT2D eigenvalue weighted by Crippen LogP contribution is -2.52. The summed E-state index contributed by atoms with van der Waals surface area (Å²) in [6.45, 7) is 7.73. The molecule has 13 nitrogen and oxygen atoms in total. The maximum Gasteiger partial charge on any atom is 0.270 e. The Morgan fingerprint density at radius 1 is 1.00 bits per heavy atom. The van der Waals surface area contributed by atoms with Crippen LogP contribution in [0.5, 0.6) is 0 Å². The van der Waals surface area contributed by atoms with Gasteiger partial charge in [-0.15, -0.1) is 0 Å². The van der Waals surface area contributed by atoms with Gasteiger partial charge in [-0.2, -0.15) is 0 Å². The smallest absolute Gasteiger partial charge is 0.270 e. The highest BCUT2D eigenvalue weighted by Crippen LogP contribution is 2.35. The molecule has 1 fully saturated rings. The molecule has 2 aromatic carbocycles. The molecule has 0 aliphatic carbocycles. The summed E-state index contributed by atoms with van der Waals surface area (Å²) < 4.78 is 2.24. The highest BCUT2D eigenvalue weighted by molar-refractivity contribution is 6.06. The molecule has 3 aliphatic rings. The van der Waals surface area contributed by atoms with Crippen molar-refractivity contribution in [2.45, 2.75) is 71.8 Å². The first-order valence-corrected chi connectivity index (χ1v) is 18.5. The van der Waals surface area contributed by atoms with Crippen LogP contribution in [-0.2, 0) is 40.4 Å². The number of aromatic nitrogens is 4. The molecule has 2 N–H and O–H groups in total. The lowest BCUT2D eigenvalue weighted by molar-refractivity contribution is -0.137. The fourth-order valence-corrected chi connectivity index (χ4v) is 7.76. The molecule has 5 amide bonds. The molecule has 0 saturated carbocycles. The van der Waals surface area contributed by atoms with E-state index >= 15 is 0 Å². The van der Waals surface area contributed by atoms with Crippen LogP contribution in [0.4, 0.5) is 0 Å². The second-order valence-corrected chi connectivity index (χ2v) is 14.2. The normalized spacial score (nSPS) is 17.4. The van der Waals surface area contributed by atoms with Crippen LogP contribution in [-0.4, -0.2) is 77.5 Å². The number of pyridine rings is 2. The van der Waals surface area contributed by atoms with E-state index in [0.717, 1.165) is 63.2 Å². The van der Waals surface area contributed by atoms with E-state index in [-0.39, 0.29) is 48.3 Å². The van der Waals surface area contributed by atoms with Crippen molar-refractivity contribution in [3.8, 4) is 22.5 Å². The number of nitrogens with one attached hydrogen (secondary N) is 2. The first-order chi connectivity index (χ1) is 26.6. The highest BCUT2D eigenvalue weighted by atomic mass is 16.2. The molecule has 2 atom stereocenters. The maximum absolute atomic E-state index is 13.2. The monoisotopic (exact) mass is 736 g/mol. The molecule has 6 heterocycles. The molecule has 5 aromatic rings. The number of amides is 5. The van der Waals surface area contributed by atoms with Crippen molar-refractivity contribution >= 4 is 46.4 Å². The van der Waals surface area contributed by atoms with E-state index in [1.807, 2.05) is 60.5 Å². The van der Waals surface area contributed by atoms with Gasteiger partial charge in [0, 0.05) is 79.9 Å². The van der Waals surface area contributed by atoms with Crippen LogP contribution < -0.4 is 10.6 Å². The Balaban J connectivity index is 0.950. The van der Waals surface area contributed by atoms with Gasteiger partial charge in [0.2, 0.25) is 17.7 Å². The van der Waals surface area contributed by atoms with Gasteiger partial charge in [-0.25, -0.2) is 4.98 Å². The van der Waals surface area contributed by atoms with E-state index in [1.54, 1.807) is 31.3 Å². The summed E-state index contributed by atoms with van der Waals surface area (Å²) in [6.07, 6.45) is 8.48. The molecule has 0 spiro atoms. The summed E-state index contributed by atoms with van der Waals surface area (Å²) in [5, 5.41) is 7.24. The van der Waals surface area contributed by atoms with E-state index in [4.69, 9.17) is 9.97 Å². The average Bonchev–Trinajstić information content (AvgIpc) is 3.73. The molecule has 55 heavy (non-hydrogen) atoms. The number of aryl methyl sites for hydroxylation is 1. The number of imide groups is 1. The fourth-order valence-electron chi connectivity index (χ4n) is 7.76. The Hall–Kier alpha value is -6.50. The van der Waals surface area contributed by atoms with Gasteiger partial charge >= 0.3 is 0 Å². The van der Waals surface area contributed by atoms with Crippen molar-refractivity contribution in [2.75, 3.05) is 6.54 Å². The third-order valence-electron chi connectivity index (χ3n) is 10.7. The number of carbonyl (C=O) groups excluding carboxylic acids is 5. The van der Waals surface area contributed by atoms with E-state index < -0.39 is 11.9 Å². The molecule has 3 aromatic heterocycles. The Morgan fingerprint density at radius 3 is 2.58 bits per heavy atom. The number of carbonyl (C=O) groups is 5. The zero-order valence-electron chi connectivity index (χ0n) is 30.8. The molecular weight excluding hydrogens is 697 g/mol. The Bertz CT molecular complexity index is 2430. The fraction of sp³-hybridized carbons (Fsp3) is 0.286. The zero-order valence-corrected chi connectivity index (χ0v) is 30.8. The predicted octanol–water partition coefficient (Wildman–Crippen LogP) is 4.68. The van der Waals surface area contributed by atoms with E-state index in [0.29, 0.717) is 30.8 Å². The van der Waals surface area contributed by atoms with Crippen LogP contribution in [0.1, 0.15) is 77.1 Å². The number of nitrogens with zero attached hydrogens (tertiary/aromatic N) is 6. The first-order valence-electron chi connectivity index (χ1n) is 18.5. The third-order valence-corrected chi connectivity index (χ3v) is 10.7. The number of hydrogen-bond donors (Lipinski definition) is 2. The first kappa shape index (κ1) is 35.5. The van der Waals surface area contributed by atoms with Crippen molar-refractivity contribution in [1.82, 2.24) is 40.0 Å². The molecule has 0 bridgehead atoms. The lowest BCUT2D eigenvalue weighted by atomic mass is 10.0. The number of imidazole rings is 1. The molecule has 13 heteroatoms. The van der Waals surface area contributed by atoms with Crippen LogP contribution >= 0.6 is 0 Å². The standard InChI is InChI=1S/C42H40N8O5/c1-4-37-46-39(36-23-48(25(3)51)17-18-49(36)37)29-9-6-8-27-19-34(44-21-31(27)29)28-13-14-33(43-20-28)40(53)45-24(2)11-12-26-7-5-10-30-32(26)22-50(42(30)55)35-15-16-38(52)47-41(35)54/h5-14,19-21,24,35H,4,15-18,22-23H2,1-3H3,(H,45,53)(H,47,52,54)/b12-11+/t24-,35?/m0/s1. The summed E-state index contributed by atoms with van der Waals surface area (Å²) in [7, 11) is 0. The molecule has 1 unspecified atom stereocenters. The van der Waals surface area contributed by atoms with Gasteiger partial charge < -0.3 is 19.7 Å². The van der Waals surface area contributed by atoms with Gasteiger partial charge in [0.05, 0.1) is 23.6 Å². The Labute approximate surface area is 317 Å². The predicted molar refractivity (Wildman–Crippen MR) is 205 cm³/mol. The van der Waals surface area contributed by atoms with Gasteiger partial charge in [0.15, 0.2) is 0 Å². The number of hydrogen-bond acceptors (Lipinski definition) is 8. The minimum absolute atomic E-state index is 0.0532. The van der Waals surface area contributed by atoms with Crippen molar-refractivity contribution in [1.29, 1.82) is 0 Å².